The van der Waals surface area contributed by atoms with Crippen molar-refractivity contribution in [3.63, 3.8) is 0 Å². The van der Waals surface area contributed by atoms with Gasteiger partial charge in [0.15, 0.2) is 0 Å². The Bertz CT molecular complexity index is 459. The number of carbonyl (C=O) groups is 1. The summed E-state index contributed by atoms with van der Waals surface area (Å²) in [5, 5.41) is 6.50. The highest BCUT2D eigenvalue weighted by Gasteiger charge is 2.21. The quantitative estimate of drug-likeness (QED) is 0.676. The number of aryl methyl sites for hydroxylation is 1. The molecule has 1 aromatic rings. The number of anilines is 2. The summed E-state index contributed by atoms with van der Waals surface area (Å²) in [5.74, 6) is 1.94. The second-order valence-electron chi connectivity index (χ2n) is 5.49. The lowest BCUT2D eigenvalue weighted by atomic mass is 10.0. The van der Waals surface area contributed by atoms with Crippen molar-refractivity contribution in [1.82, 2.24) is 9.97 Å². The number of primary amides is 1. The molecule has 0 radical (unpaired) electrons. The second kappa shape index (κ2) is 7.07. The molecule has 0 saturated carbocycles. The molecule has 1 heterocycles. The minimum absolute atomic E-state index is 0.246. The maximum atomic E-state index is 11.1. The zero-order valence-corrected chi connectivity index (χ0v) is 12.8. The number of carbonyl (C=O) groups excluding carboxylic acids is 1. The van der Waals surface area contributed by atoms with E-state index in [9.17, 15) is 4.79 Å². The van der Waals surface area contributed by atoms with E-state index in [0.717, 1.165) is 31.0 Å². The van der Waals surface area contributed by atoms with Crippen molar-refractivity contribution in [3.05, 3.63) is 11.9 Å². The third-order valence-corrected chi connectivity index (χ3v) is 2.73. The molecule has 0 aromatic carbocycles. The number of aromatic nitrogens is 2. The molecule has 0 bridgehead atoms. The number of nitrogens with zero attached hydrogens (tertiary/aromatic N) is 2. The van der Waals surface area contributed by atoms with Gasteiger partial charge in [0.05, 0.1) is 0 Å². The summed E-state index contributed by atoms with van der Waals surface area (Å²) < 4.78 is 0. The Morgan fingerprint density at radius 2 is 1.95 bits per heavy atom. The largest absolute Gasteiger partial charge is 0.370 e. The van der Waals surface area contributed by atoms with E-state index in [2.05, 4.69) is 27.5 Å². The summed E-state index contributed by atoms with van der Waals surface area (Å²) >= 11 is 0. The fourth-order valence-corrected chi connectivity index (χ4v) is 1.89. The number of nitrogens with one attached hydrogen (secondary N) is 2. The third kappa shape index (κ3) is 5.42. The minimum Gasteiger partial charge on any atom is -0.370 e. The monoisotopic (exact) mass is 279 g/mol. The number of hydrogen-bond acceptors (Lipinski definition) is 5. The van der Waals surface area contributed by atoms with Crippen LogP contribution in [0.2, 0.25) is 0 Å². The van der Waals surface area contributed by atoms with E-state index in [-0.39, 0.29) is 12.3 Å². The van der Waals surface area contributed by atoms with Crippen LogP contribution >= 0.6 is 0 Å². The number of nitrogens with two attached hydrogens (primary N) is 1. The maximum Gasteiger partial charge on any atom is 0.219 e. The minimum atomic E-state index is -0.437. The Balaban J connectivity index is 2.90. The first-order valence-corrected chi connectivity index (χ1v) is 7.04. The molecular formula is C14H25N5O. The Hall–Kier alpha value is -1.85. The zero-order valence-electron chi connectivity index (χ0n) is 12.8. The molecule has 0 aliphatic rings. The summed E-state index contributed by atoms with van der Waals surface area (Å²) in [4.78, 5) is 19.9. The molecule has 112 valence electrons. The Morgan fingerprint density at radius 3 is 2.50 bits per heavy atom. The molecule has 20 heavy (non-hydrogen) atoms. The van der Waals surface area contributed by atoms with Crippen LogP contribution in [0.1, 0.15) is 46.4 Å². The predicted octanol–water partition coefficient (Wildman–Crippen LogP) is 1.93. The first kappa shape index (κ1) is 16.2. The van der Waals surface area contributed by atoms with Gasteiger partial charge in [-0.2, -0.15) is 0 Å². The maximum absolute atomic E-state index is 11.1. The van der Waals surface area contributed by atoms with E-state index < -0.39 is 5.54 Å². The van der Waals surface area contributed by atoms with Crippen molar-refractivity contribution in [2.75, 3.05) is 17.2 Å². The Morgan fingerprint density at radius 1 is 1.30 bits per heavy atom. The number of hydrogen-bond donors (Lipinski definition) is 3. The van der Waals surface area contributed by atoms with Crippen LogP contribution in [0.25, 0.3) is 0 Å². The molecule has 6 heteroatoms. The van der Waals surface area contributed by atoms with Crippen molar-refractivity contribution < 1.29 is 4.79 Å². The smallest absolute Gasteiger partial charge is 0.219 e. The summed E-state index contributed by atoms with van der Waals surface area (Å²) in [5.41, 5.74) is 4.82. The number of amides is 1. The zero-order chi connectivity index (χ0) is 15.2. The van der Waals surface area contributed by atoms with Gasteiger partial charge in [0.2, 0.25) is 5.91 Å². The molecule has 0 atom stereocenters. The molecule has 0 fully saturated rings. The summed E-state index contributed by atoms with van der Waals surface area (Å²) in [6.45, 7) is 8.82. The van der Waals surface area contributed by atoms with E-state index in [1.165, 1.54) is 0 Å². The number of rotatable bonds is 8. The van der Waals surface area contributed by atoms with Gasteiger partial charge in [-0.3, -0.25) is 4.79 Å². The molecule has 1 aromatic heterocycles. The standard InChI is InChI=1S/C14H25N5O/c1-5-7-16-12-8-13(18-11(6-2)17-12)19-14(3,4)9-10(15)20/h8H,5-7,9H2,1-4H3,(H2,15,20)(H2,16,17,18,19). The van der Waals surface area contributed by atoms with E-state index in [0.29, 0.717) is 5.82 Å². The van der Waals surface area contributed by atoms with Crippen molar-refractivity contribution in [3.8, 4) is 0 Å². The van der Waals surface area contributed by atoms with E-state index >= 15 is 0 Å². The van der Waals surface area contributed by atoms with Crippen LogP contribution in [0.15, 0.2) is 6.07 Å². The lowest BCUT2D eigenvalue weighted by Gasteiger charge is -2.25. The van der Waals surface area contributed by atoms with Gasteiger partial charge in [0.1, 0.15) is 17.5 Å². The molecule has 0 spiro atoms. The van der Waals surface area contributed by atoms with Crippen LogP contribution in [0.5, 0.6) is 0 Å². The molecule has 6 nitrogen and oxygen atoms in total. The van der Waals surface area contributed by atoms with Crippen LogP contribution in [0, 0.1) is 0 Å². The first-order chi connectivity index (χ1) is 9.36. The summed E-state index contributed by atoms with van der Waals surface area (Å²) in [7, 11) is 0. The fraction of sp³-hybridized carbons (Fsp3) is 0.643. The van der Waals surface area contributed by atoms with Crippen LogP contribution in [-0.4, -0.2) is 28.0 Å². The van der Waals surface area contributed by atoms with Crippen molar-refractivity contribution in [2.45, 2.75) is 52.5 Å². The summed E-state index contributed by atoms with van der Waals surface area (Å²) in [6, 6.07) is 1.86. The van der Waals surface area contributed by atoms with Crippen molar-refractivity contribution >= 4 is 17.5 Å². The van der Waals surface area contributed by atoms with Crippen LogP contribution < -0.4 is 16.4 Å². The summed E-state index contributed by atoms with van der Waals surface area (Å²) in [6.07, 6.45) is 2.03. The predicted molar refractivity (Wildman–Crippen MR) is 81.7 cm³/mol. The van der Waals surface area contributed by atoms with Gasteiger partial charge in [-0.1, -0.05) is 13.8 Å². The van der Waals surface area contributed by atoms with Crippen LogP contribution in [-0.2, 0) is 11.2 Å². The van der Waals surface area contributed by atoms with Crippen LogP contribution in [0.3, 0.4) is 0 Å². The van der Waals surface area contributed by atoms with Gasteiger partial charge < -0.3 is 16.4 Å². The molecule has 0 aliphatic heterocycles. The molecule has 0 saturated heterocycles. The highest BCUT2D eigenvalue weighted by atomic mass is 16.1. The molecule has 0 unspecified atom stereocenters. The SMILES string of the molecule is CCCNc1cc(NC(C)(C)CC(N)=O)nc(CC)n1. The van der Waals surface area contributed by atoms with Gasteiger partial charge >= 0.3 is 0 Å². The topological polar surface area (TPSA) is 92.9 Å². The van der Waals surface area contributed by atoms with Crippen LogP contribution in [0.4, 0.5) is 11.6 Å². The van der Waals surface area contributed by atoms with E-state index in [4.69, 9.17) is 5.73 Å². The highest BCUT2D eigenvalue weighted by molar-refractivity contribution is 5.75. The van der Waals surface area contributed by atoms with Crippen molar-refractivity contribution in [1.29, 1.82) is 0 Å². The molecule has 0 aliphatic carbocycles. The van der Waals surface area contributed by atoms with Gasteiger partial charge in [0.25, 0.3) is 0 Å². The van der Waals surface area contributed by atoms with Gasteiger partial charge in [-0.15, -0.1) is 0 Å². The first-order valence-electron chi connectivity index (χ1n) is 7.04. The second-order valence-corrected chi connectivity index (χ2v) is 5.49. The van der Waals surface area contributed by atoms with E-state index in [1.807, 2.05) is 26.8 Å². The molecule has 4 N–H and O–H groups in total. The fourth-order valence-electron chi connectivity index (χ4n) is 1.89. The Labute approximate surface area is 120 Å². The Kier molecular flexibility index (Phi) is 5.73. The average Bonchev–Trinajstić information content (AvgIpc) is 2.33. The van der Waals surface area contributed by atoms with Gasteiger partial charge in [-0.05, 0) is 20.3 Å². The van der Waals surface area contributed by atoms with Gasteiger partial charge in [0, 0.05) is 31.0 Å². The van der Waals surface area contributed by atoms with Crippen molar-refractivity contribution in [2.24, 2.45) is 5.73 Å². The third-order valence-electron chi connectivity index (χ3n) is 2.73. The lowest BCUT2D eigenvalue weighted by molar-refractivity contribution is -0.118. The van der Waals surface area contributed by atoms with Gasteiger partial charge in [-0.25, -0.2) is 9.97 Å². The highest BCUT2D eigenvalue weighted by Crippen LogP contribution is 2.19. The molecule has 1 amide bonds. The molecular weight excluding hydrogens is 254 g/mol. The van der Waals surface area contributed by atoms with E-state index in [1.54, 1.807) is 0 Å². The normalized spacial score (nSPS) is 11.2. The molecule has 1 rings (SSSR count). The average molecular weight is 279 g/mol. The lowest BCUT2D eigenvalue weighted by Crippen LogP contribution is -2.36.